The van der Waals surface area contributed by atoms with Gasteiger partial charge >= 0.3 is 0 Å². The predicted octanol–water partition coefficient (Wildman–Crippen LogP) is 4.09. The highest BCUT2D eigenvalue weighted by Gasteiger charge is 2.31. The molecule has 27 heavy (non-hydrogen) atoms. The molecule has 2 saturated carbocycles. The molecular weight excluding hydrogens is 336 g/mol. The fourth-order valence-corrected chi connectivity index (χ4v) is 4.95. The zero-order chi connectivity index (χ0) is 18.2. The maximum Gasteiger partial charge on any atom is 0.159 e. The summed E-state index contributed by atoms with van der Waals surface area (Å²) in [5, 5.41) is 5.99. The summed E-state index contributed by atoms with van der Waals surface area (Å²) in [7, 11) is 0. The van der Waals surface area contributed by atoms with Gasteiger partial charge in [0.2, 0.25) is 0 Å². The lowest BCUT2D eigenvalue weighted by atomic mass is 9.75. The summed E-state index contributed by atoms with van der Waals surface area (Å²) in [5.41, 5.74) is 3.30. The largest absolute Gasteiger partial charge is 0.360 e. The monoisotopic (exact) mass is 362 g/mol. The molecule has 0 amide bonds. The molecule has 1 unspecified atom stereocenters. The molecule has 0 radical (unpaired) electrons. The Labute approximate surface area is 159 Å². The molecule has 2 aliphatic carbocycles. The molecule has 2 aliphatic rings. The number of hydrogen-bond acceptors (Lipinski definition) is 4. The van der Waals surface area contributed by atoms with Crippen LogP contribution in [0.15, 0.2) is 30.7 Å². The molecule has 3 aromatic heterocycles. The highest BCUT2D eigenvalue weighted by molar-refractivity contribution is 6.05. The van der Waals surface area contributed by atoms with Gasteiger partial charge in [-0.25, -0.2) is 9.97 Å². The number of nitrogens with one attached hydrogen (secondary N) is 2. The highest BCUT2D eigenvalue weighted by Crippen LogP contribution is 2.40. The summed E-state index contributed by atoms with van der Waals surface area (Å²) in [6.45, 7) is 0. The molecule has 5 heteroatoms. The van der Waals surface area contributed by atoms with Crippen molar-refractivity contribution in [2.75, 3.05) is 0 Å². The first-order chi connectivity index (χ1) is 13.3. The molecule has 0 aromatic carbocycles. The Bertz CT molecular complexity index is 953. The average molecular weight is 362 g/mol. The molecule has 0 saturated heterocycles. The summed E-state index contributed by atoms with van der Waals surface area (Å²) in [5.74, 6) is 1.01. The van der Waals surface area contributed by atoms with Crippen molar-refractivity contribution in [3.8, 4) is 0 Å². The lowest BCUT2D eigenvalue weighted by molar-refractivity contribution is -0.111. The number of fused-ring (bicyclic) bond motifs is 3. The van der Waals surface area contributed by atoms with Gasteiger partial charge in [-0.15, -0.1) is 0 Å². The third-order valence-corrected chi connectivity index (χ3v) is 6.72. The van der Waals surface area contributed by atoms with Crippen molar-refractivity contribution in [1.82, 2.24) is 20.3 Å². The van der Waals surface area contributed by atoms with Gasteiger partial charge in [-0.2, -0.15) is 0 Å². The molecule has 3 heterocycles. The molecule has 2 N–H and O–H groups in total. The molecule has 5 rings (SSSR count). The number of aromatic nitrogens is 3. The van der Waals surface area contributed by atoms with Crippen LogP contribution in [0.1, 0.15) is 56.4 Å². The first-order valence-corrected chi connectivity index (χ1v) is 10.3. The maximum atomic E-state index is 11.6. The highest BCUT2D eigenvalue weighted by atomic mass is 16.1. The topological polar surface area (TPSA) is 70.7 Å². The smallest absolute Gasteiger partial charge is 0.159 e. The Hall–Kier alpha value is -2.27. The molecule has 3 aromatic rings. The Balaban J connectivity index is 1.37. The van der Waals surface area contributed by atoms with Gasteiger partial charge in [-0.05, 0) is 68.1 Å². The molecule has 0 aliphatic heterocycles. The molecule has 5 nitrogen and oxygen atoms in total. The summed E-state index contributed by atoms with van der Waals surface area (Å²) in [6, 6.07) is 4.90. The van der Waals surface area contributed by atoms with Gasteiger partial charge in [-0.3, -0.25) is 0 Å². The molecule has 140 valence electrons. The number of nitrogens with zero attached hydrogens (tertiary/aromatic N) is 2. The molecule has 2 fully saturated rings. The van der Waals surface area contributed by atoms with E-state index in [9.17, 15) is 4.79 Å². The number of rotatable bonds is 5. The standard InChI is InChI=1S/C22H26N4O/c27-13-20(26-16-2-1-3-16)15-6-4-14(5-7-15)17-8-10-23-19-12-25-22-18(21(17)19)9-11-24-22/h8-16,20,23,26H,1-7H2. The van der Waals surface area contributed by atoms with Gasteiger partial charge in [-0.1, -0.05) is 6.42 Å². The van der Waals surface area contributed by atoms with E-state index in [-0.39, 0.29) is 6.04 Å². The number of aromatic amines is 1. The van der Waals surface area contributed by atoms with E-state index in [0.29, 0.717) is 17.9 Å². The van der Waals surface area contributed by atoms with Crippen molar-refractivity contribution in [3.05, 3.63) is 36.3 Å². The van der Waals surface area contributed by atoms with E-state index >= 15 is 0 Å². The van der Waals surface area contributed by atoms with E-state index in [1.54, 1.807) is 0 Å². The van der Waals surface area contributed by atoms with Crippen LogP contribution in [0.5, 0.6) is 0 Å². The summed E-state index contributed by atoms with van der Waals surface area (Å²) in [4.78, 5) is 23.8. The van der Waals surface area contributed by atoms with E-state index in [1.807, 2.05) is 18.6 Å². The second kappa shape index (κ2) is 7.04. The van der Waals surface area contributed by atoms with Gasteiger partial charge in [0.15, 0.2) is 5.65 Å². The molecule has 0 spiro atoms. The van der Waals surface area contributed by atoms with Crippen LogP contribution in [-0.4, -0.2) is 33.3 Å². The number of hydrogen-bond donors (Lipinski definition) is 2. The second-order valence-corrected chi connectivity index (χ2v) is 8.23. The van der Waals surface area contributed by atoms with Crippen LogP contribution in [0.2, 0.25) is 0 Å². The van der Waals surface area contributed by atoms with Crippen molar-refractivity contribution >= 4 is 28.2 Å². The van der Waals surface area contributed by atoms with Gasteiger partial charge < -0.3 is 15.1 Å². The van der Waals surface area contributed by atoms with Crippen LogP contribution in [0.3, 0.4) is 0 Å². The third-order valence-electron chi connectivity index (χ3n) is 6.72. The average Bonchev–Trinajstić information content (AvgIpc) is 3.16. The van der Waals surface area contributed by atoms with E-state index < -0.39 is 0 Å². The fraction of sp³-hybridized carbons (Fsp3) is 0.500. The van der Waals surface area contributed by atoms with Crippen LogP contribution in [0.4, 0.5) is 0 Å². The van der Waals surface area contributed by atoms with Crippen LogP contribution in [-0.2, 0) is 4.79 Å². The molecule has 0 bridgehead atoms. The van der Waals surface area contributed by atoms with E-state index in [4.69, 9.17) is 0 Å². The Kier molecular flexibility index (Phi) is 4.40. The number of pyridine rings is 2. The third kappa shape index (κ3) is 3.04. The van der Waals surface area contributed by atoms with E-state index in [2.05, 4.69) is 32.4 Å². The number of aldehydes is 1. The fourth-order valence-electron chi connectivity index (χ4n) is 4.95. The van der Waals surface area contributed by atoms with Crippen molar-refractivity contribution in [2.45, 2.75) is 62.9 Å². The Morgan fingerprint density at radius 3 is 2.70 bits per heavy atom. The summed E-state index contributed by atoms with van der Waals surface area (Å²) < 4.78 is 0. The van der Waals surface area contributed by atoms with E-state index in [1.165, 1.54) is 30.2 Å². The maximum absolute atomic E-state index is 11.6. The van der Waals surface area contributed by atoms with Gasteiger partial charge in [0.1, 0.15) is 6.29 Å². The Morgan fingerprint density at radius 1 is 1.11 bits per heavy atom. The Morgan fingerprint density at radius 2 is 1.96 bits per heavy atom. The second-order valence-electron chi connectivity index (χ2n) is 8.23. The van der Waals surface area contributed by atoms with Crippen LogP contribution in [0, 0.1) is 5.92 Å². The minimum absolute atomic E-state index is 0.0345. The molecule has 1 atom stereocenters. The molecular formula is C22H26N4O. The summed E-state index contributed by atoms with van der Waals surface area (Å²) in [6.07, 6.45) is 15.2. The first-order valence-electron chi connectivity index (χ1n) is 10.3. The predicted molar refractivity (Wildman–Crippen MR) is 107 cm³/mol. The van der Waals surface area contributed by atoms with Crippen molar-refractivity contribution < 1.29 is 4.79 Å². The lowest BCUT2D eigenvalue weighted by Gasteiger charge is -2.36. The quantitative estimate of drug-likeness (QED) is 0.671. The van der Waals surface area contributed by atoms with Crippen LogP contribution in [0.25, 0.3) is 21.9 Å². The number of carbonyl (C=O) groups is 1. The van der Waals surface area contributed by atoms with Gasteiger partial charge in [0.05, 0.1) is 17.8 Å². The van der Waals surface area contributed by atoms with Crippen LogP contribution >= 0.6 is 0 Å². The first kappa shape index (κ1) is 16.9. The zero-order valence-electron chi connectivity index (χ0n) is 15.5. The minimum atomic E-state index is 0.0345. The van der Waals surface area contributed by atoms with Crippen molar-refractivity contribution in [1.29, 1.82) is 0 Å². The minimum Gasteiger partial charge on any atom is -0.360 e. The zero-order valence-corrected chi connectivity index (χ0v) is 15.5. The van der Waals surface area contributed by atoms with Crippen LogP contribution < -0.4 is 5.32 Å². The van der Waals surface area contributed by atoms with Gasteiger partial charge in [0, 0.05) is 29.2 Å². The van der Waals surface area contributed by atoms with Gasteiger partial charge in [0.25, 0.3) is 0 Å². The number of H-pyrrole nitrogens is 1. The van der Waals surface area contributed by atoms with Crippen molar-refractivity contribution in [2.24, 2.45) is 5.92 Å². The lowest BCUT2D eigenvalue weighted by Crippen LogP contribution is -2.47. The normalized spacial score (nSPS) is 24.7. The van der Waals surface area contributed by atoms with E-state index in [0.717, 1.165) is 48.5 Å². The summed E-state index contributed by atoms with van der Waals surface area (Å²) >= 11 is 0. The SMILES string of the molecule is O=CC(NC1CCC1)C1CCC(c2cc[nH]c3cnc4nccc4c23)CC1. The van der Waals surface area contributed by atoms with Crippen molar-refractivity contribution in [3.63, 3.8) is 0 Å². The number of carbonyl (C=O) groups excluding carboxylic acids is 1.